The molecule has 0 fully saturated rings. The molecule has 1 rings (SSSR count). The highest BCUT2D eigenvalue weighted by Gasteiger charge is 2.19. The first kappa shape index (κ1) is 45.6. The lowest BCUT2D eigenvalue weighted by Gasteiger charge is -2.23. The van der Waals surface area contributed by atoms with Crippen LogP contribution in [0.5, 0.6) is 0 Å². The molecule has 9 nitrogen and oxygen atoms in total. The smallest absolute Gasteiger partial charge is 0.306 e. The maximum absolute atomic E-state index is 12.8. The number of unbranched alkanes of at least 4 members (excludes halogenated alkanes) is 18. The van der Waals surface area contributed by atoms with Crippen LogP contribution in [-0.4, -0.2) is 61.3 Å². The number of carboxylic acid groups (broad SMARTS) is 1. The molecule has 50 heavy (non-hydrogen) atoms. The Morgan fingerprint density at radius 3 is 1.56 bits per heavy atom. The van der Waals surface area contributed by atoms with Crippen LogP contribution in [0.15, 0.2) is 9.59 Å². The summed E-state index contributed by atoms with van der Waals surface area (Å²) in [5.74, 6) is -0.734. The maximum Gasteiger partial charge on any atom is 0.306 e. The number of carbonyl (C=O) groups is 2. The van der Waals surface area contributed by atoms with Gasteiger partial charge in [0.25, 0.3) is 10.9 Å². The Hall–Kier alpha value is -2.42. The molecule has 0 heterocycles. The van der Waals surface area contributed by atoms with E-state index in [-0.39, 0.29) is 18.5 Å². The number of rotatable bonds is 37. The quantitative estimate of drug-likeness (QED) is 0.0353. The van der Waals surface area contributed by atoms with Gasteiger partial charge in [-0.15, -0.1) is 0 Å². The van der Waals surface area contributed by atoms with Crippen LogP contribution in [0.1, 0.15) is 187 Å². The van der Waals surface area contributed by atoms with Crippen LogP contribution in [0.3, 0.4) is 0 Å². The Morgan fingerprint density at radius 2 is 1.04 bits per heavy atom. The van der Waals surface area contributed by atoms with Crippen molar-refractivity contribution in [2.24, 2.45) is 0 Å². The maximum atomic E-state index is 12.8. The van der Waals surface area contributed by atoms with Crippen molar-refractivity contribution in [2.75, 3.05) is 43.9 Å². The molecule has 0 aliphatic heterocycles. The monoisotopic (exact) mass is 706 g/mol. The Labute approximate surface area is 304 Å². The highest BCUT2D eigenvalue weighted by Crippen LogP contribution is 2.19. The van der Waals surface area contributed by atoms with Gasteiger partial charge in [-0.2, -0.15) is 0 Å². The minimum Gasteiger partial charge on any atom is -0.481 e. The number of carboxylic acids is 1. The van der Waals surface area contributed by atoms with Crippen LogP contribution in [0, 0.1) is 0 Å². The number of hydrogen-bond donors (Lipinski definition) is 3. The second-order valence-electron chi connectivity index (χ2n) is 14.4. The van der Waals surface area contributed by atoms with E-state index in [0.717, 1.165) is 116 Å². The van der Waals surface area contributed by atoms with E-state index >= 15 is 0 Å². The Balaban J connectivity index is 2.36. The average Bonchev–Trinajstić information content (AvgIpc) is 3.10. The predicted octanol–water partition coefficient (Wildman–Crippen LogP) is 9.61. The minimum absolute atomic E-state index is 0.0136. The van der Waals surface area contributed by atoms with Crippen molar-refractivity contribution in [1.82, 2.24) is 4.90 Å². The van der Waals surface area contributed by atoms with E-state index in [9.17, 15) is 19.2 Å². The number of nitrogens with one attached hydrogen (secondary N) is 2. The molecule has 0 amide bonds. The first-order chi connectivity index (χ1) is 24.3. The van der Waals surface area contributed by atoms with E-state index in [1.54, 1.807) is 7.05 Å². The summed E-state index contributed by atoms with van der Waals surface area (Å²) in [5, 5.41) is 14.8. The number of nitrogens with zero attached hydrogens (tertiary/aromatic N) is 1. The van der Waals surface area contributed by atoms with Gasteiger partial charge in [0.15, 0.2) is 0 Å². The second-order valence-corrected chi connectivity index (χ2v) is 14.4. The van der Waals surface area contributed by atoms with Gasteiger partial charge in [-0.25, -0.2) is 0 Å². The van der Waals surface area contributed by atoms with Gasteiger partial charge in [-0.05, 0) is 77.4 Å². The second kappa shape index (κ2) is 31.3. The minimum atomic E-state index is -0.721. The summed E-state index contributed by atoms with van der Waals surface area (Å²) in [5.41, 5.74) is -0.110. The Morgan fingerprint density at radius 1 is 0.600 bits per heavy atom. The fourth-order valence-corrected chi connectivity index (χ4v) is 6.74. The standard InChI is InChI=1S/C41H75N3O6/c1-4-6-8-10-14-20-27-35(28-21-15-11-9-7-5-2)50-37(47)30-23-17-13-19-25-33-44(32-24-18-12-16-22-29-36(45)46)34-26-31-43-39-38(42-3)40(48)41(39)49/h35,42-43H,4-34H2,1-3H3,(H,45,46). The number of hydrogen-bond acceptors (Lipinski definition) is 8. The molecule has 0 spiro atoms. The summed E-state index contributed by atoms with van der Waals surface area (Å²) < 4.78 is 6.02. The van der Waals surface area contributed by atoms with E-state index < -0.39 is 16.8 Å². The van der Waals surface area contributed by atoms with Crippen LogP contribution in [0.4, 0.5) is 11.4 Å². The molecule has 9 heteroatoms. The first-order valence-electron chi connectivity index (χ1n) is 20.7. The molecular weight excluding hydrogens is 630 g/mol. The van der Waals surface area contributed by atoms with Crippen molar-refractivity contribution >= 4 is 23.3 Å². The van der Waals surface area contributed by atoms with Crippen molar-refractivity contribution in [2.45, 2.75) is 193 Å². The molecule has 0 unspecified atom stereocenters. The van der Waals surface area contributed by atoms with Crippen LogP contribution >= 0.6 is 0 Å². The van der Waals surface area contributed by atoms with Crippen LogP contribution in [-0.2, 0) is 14.3 Å². The normalized spacial score (nSPS) is 11.5. The summed E-state index contributed by atoms with van der Waals surface area (Å²) in [6, 6.07) is 0. The van der Waals surface area contributed by atoms with Gasteiger partial charge in [0.05, 0.1) is 0 Å². The van der Waals surface area contributed by atoms with Gasteiger partial charge in [-0.3, -0.25) is 19.2 Å². The third-order valence-corrected chi connectivity index (χ3v) is 9.89. The lowest BCUT2D eigenvalue weighted by atomic mass is 10.0. The summed E-state index contributed by atoms with van der Waals surface area (Å²) in [6.07, 6.45) is 29.2. The molecule has 0 saturated carbocycles. The van der Waals surface area contributed by atoms with Crippen LogP contribution < -0.4 is 21.5 Å². The fourth-order valence-electron chi connectivity index (χ4n) is 6.74. The molecule has 1 aromatic rings. The van der Waals surface area contributed by atoms with Crippen molar-refractivity contribution in [3.8, 4) is 0 Å². The highest BCUT2D eigenvalue weighted by atomic mass is 16.5. The van der Waals surface area contributed by atoms with Gasteiger partial charge in [0.1, 0.15) is 17.5 Å². The molecule has 3 N–H and O–H groups in total. The van der Waals surface area contributed by atoms with Crippen molar-refractivity contribution in [3.63, 3.8) is 0 Å². The lowest BCUT2D eigenvalue weighted by Crippen LogP contribution is -2.37. The van der Waals surface area contributed by atoms with Crippen LogP contribution in [0.25, 0.3) is 0 Å². The van der Waals surface area contributed by atoms with Crippen molar-refractivity contribution in [1.29, 1.82) is 0 Å². The third-order valence-electron chi connectivity index (χ3n) is 9.89. The van der Waals surface area contributed by atoms with Crippen molar-refractivity contribution < 1.29 is 19.4 Å². The lowest BCUT2D eigenvalue weighted by molar-refractivity contribution is -0.150. The number of aliphatic carboxylic acids is 1. The summed E-state index contributed by atoms with van der Waals surface area (Å²) in [4.78, 5) is 49.5. The van der Waals surface area contributed by atoms with E-state index in [2.05, 4.69) is 29.4 Å². The summed E-state index contributed by atoms with van der Waals surface area (Å²) in [6.45, 7) is 8.08. The zero-order chi connectivity index (χ0) is 36.7. The van der Waals surface area contributed by atoms with Crippen molar-refractivity contribution in [3.05, 3.63) is 20.4 Å². The van der Waals surface area contributed by atoms with Gasteiger partial charge in [0, 0.05) is 26.4 Å². The molecule has 0 saturated heterocycles. The van der Waals surface area contributed by atoms with Gasteiger partial charge in [-0.1, -0.05) is 117 Å². The SMILES string of the molecule is CCCCCCCCC(CCCCCCCC)OC(=O)CCCCCCCN(CCCCCCCC(=O)O)CCCNc1c(NC)c(=O)c1=O. The molecule has 0 bridgehead atoms. The molecule has 0 radical (unpaired) electrons. The van der Waals surface area contributed by atoms with E-state index in [1.807, 2.05) is 0 Å². The number of carbonyl (C=O) groups excluding carboxylic acids is 1. The van der Waals surface area contributed by atoms with Gasteiger partial charge in [0.2, 0.25) is 0 Å². The number of ether oxygens (including phenoxy) is 1. The summed E-state index contributed by atoms with van der Waals surface area (Å²) >= 11 is 0. The highest BCUT2D eigenvalue weighted by molar-refractivity contribution is 5.73. The zero-order valence-electron chi connectivity index (χ0n) is 32.4. The van der Waals surface area contributed by atoms with E-state index in [1.165, 1.54) is 64.2 Å². The summed E-state index contributed by atoms with van der Waals surface area (Å²) in [7, 11) is 1.65. The van der Waals surface area contributed by atoms with Gasteiger partial charge < -0.3 is 25.4 Å². The first-order valence-corrected chi connectivity index (χ1v) is 20.7. The third kappa shape index (κ3) is 23.1. The predicted molar refractivity (Wildman–Crippen MR) is 209 cm³/mol. The molecule has 1 aromatic carbocycles. The van der Waals surface area contributed by atoms with Crippen LogP contribution in [0.2, 0.25) is 0 Å². The average molecular weight is 706 g/mol. The largest absolute Gasteiger partial charge is 0.481 e. The zero-order valence-corrected chi connectivity index (χ0v) is 32.4. The van der Waals surface area contributed by atoms with E-state index in [4.69, 9.17) is 9.84 Å². The molecule has 0 aliphatic rings. The van der Waals surface area contributed by atoms with Gasteiger partial charge >= 0.3 is 11.9 Å². The topological polar surface area (TPSA) is 125 Å². The Bertz CT molecular complexity index is 1040. The molecule has 290 valence electrons. The van der Waals surface area contributed by atoms with E-state index in [0.29, 0.717) is 24.3 Å². The number of esters is 1. The molecule has 0 aromatic heterocycles. The number of anilines is 2. The molecular formula is C41H75N3O6. The Kier molecular flexibility index (Phi) is 28.6. The molecule has 0 aliphatic carbocycles. The fraction of sp³-hybridized carbons (Fsp3) is 0.854. The molecule has 0 atom stereocenters.